The summed E-state index contributed by atoms with van der Waals surface area (Å²) < 4.78 is 5.77. The highest BCUT2D eigenvalue weighted by Crippen LogP contribution is 2.32. The summed E-state index contributed by atoms with van der Waals surface area (Å²) in [4.78, 5) is 26.0. The Morgan fingerprint density at radius 2 is 2.00 bits per heavy atom. The van der Waals surface area contributed by atoms with Gasteiger partial charge in [0.1, 0.15) is 11.4 Å². The van der Waals surface area contributed by atoms with Crippen LogP contribution in [0.4, 0.5) is 11.4 Å². The third-order valence-corrected chi connectivity index (χ3v) is 6.07. The average Bonchev–Trinajstić information content (AvgIpc) is 2.77. The Morgan fingerprint density at radius 1 is 1.23 bits per heavy atom. The van der Waals surface area contributed by atoms with E-state index in [1.165, 1.54) is 6.07 Å². The molecule has 2 aromatic rings. The first-order valence-corrected chi connectivity index (χ1v) is 10.5. The maximum atomic E-state index is 12.7. The number of ether oxygens (including phenoxy) is 1. The molecule has 4 rings (SSSR count). The zero-order valence-electron chi connectivity index (χ0n) is 17.2. The second-order valence-electron chi connectivity index (χ2n) is 8.33. The zero-order chi connectivity index (χ0) is 21.1. The normalized spacial score (nSPS) is 19.0. The van der Waals surface area contributed by atoms with Crippen molar-refractivity contribution in [1.29, 1.82) is 0 Å². The molecule has 2 heterocycles. The fourth-order valence-electron chi connectivity index (χ4n) is 4.19. The Balaban J connectivity index is 1.41. The van der Waals surface area contributed by atoms with Crippen molar-refractivity contribution in [2.24, 2.45) is 11.8 Å². The zero-order valence-corrected chi connectivity index (χ0v) is 17.2. The van der Waals surface area contributed by atoms with Crippen LogP contribution in [0, 0.1) is 22.0 Å². The van der Waals surface area contributed by atoms with Gasteiger partial charge in [0, 0.05) is 37.2 Å². The molecule has 158 valence electrons. The van der Waals surface area contributed by atoms with E-state index < -0.39 is 4.92 Å². The number of hydrogen-bond acceptors (Lipinski definition) is 5. The summed E-state index contributed by atoms with van der Waals surface area (Å²) in [6.07, 6.45) is 2.88. The number of nitro benzene ring substituents is 1. The number of hydrogen-bond donors (Lipinski definition) is 1. The van der Waals surface area contributed by atoms with Crippen LogP contribution >= 0.6 is 0 Å². The lowest BCUT2D eigenvalue weighted by atomic mass is 9.96. The molecule has 2 aliphatic rings. The number of fused-ring (bicyclic) bond motifs is 1. The monoisotopic (exact) mass is 409 g/mol. The van der Waals surface area contributed by atoms with Gasteiger partial charge in [-0.2, -0.15) is 0 Å². The molecular formula is C23H27N3O4. The molecular weight excluding hydrogens is 382 g/mol. The van der Waals surface area contributed by atoms with Gasteiger partial charge in [-0.3, -0.25) is 14.9 Å². The number of rotatable bonds is 5. The molecule has 0 aromatic heterocycles. The molecule has 0 radical (unpaired) electrons. The minimum absolute atomic E-state index is 0.00729. The Labute approximate surface area is 176 Å². The van der Waals surface area contributed by atoms with E-state index in [1.54, 1.807) is 12.1 Å². The van der Waals surface area contributed by atoms with Crippen molar-refractivity contribution >= 4 is 17.3 Å². The van der Waals surface area contributed by atoms with E-state index in [2.05, 4.69) is 17.1 Å². The summed E-state index contributed by atoms with van der Waals surface area (Å²) in [5.74, 6) is 1.42. The van der Waals surface area contributed by atoms with Crippen LogP contribution in [0.15, 0.2) is 42.5 Å². The first-order valence-electron chi connectivity index (χ1n) is 10.5. The summed E-state index contributed by atoms with van der Waals surface area (Å²) >= 11 is 0. The summed E-state index contributed by atoms with van der Waals surface area (Å²) in [7, 11) is 0. The van der Waals surface area contributed by atoms with E-state index >= 15 is 0 Å². The summed E-state index contributed by atoms with van der Waals surface area (Å²) in [6, 6.07) is 12.7. The van der Waals surface area contributed by atoms with Crippen molar-refractivity contribution in [3.05, 3.63) is 63.7 Å². The fraction of sp³-hybridized carbons (Fsp3) is 0.435. The van der Waals surface area contributed by atoms with E-state index in [9.17, 15) is 14.9 Å². The van der Waals surface area contributed by atoms with Crippen molar-refractivity contribution in [1.82, 2.24) is 5.32 Å². The standard InChI is InChI=1S/C23H27N3O4/c1-16-8-10-25(11-9-16)20-7-6-19(13-21(20)26(28)29)23(27)24-14-17-12-18-4-2-3-5-22(18)30-15-17/h2-7,13,16-17H,8-12,14-15H2,1H3,(H,24,27)/t17-/m1/s1. The smallest absolute Gasteiger partial charge is 0.293 e. The molecule has 1 N–H and O–H groups in total. The van der Waals surface area contributed by atoms with E-state index in [1.807, 2.05) is 24.3 Å². The molecule has 0 spiro atoms. The molecule has 1 amide bonds. The van der Waals surface area contributed by atoms with Crippen LogP contribution in [-0.2, 0) is 6.42 Å². The van der Waals surface area contributed by atoms with Gasteiger partial charge in [-0.15, -0.1) is 0 Å². The van der Waals surface area contributed by atoms with Gasteiger partial charge in [0.15, 0.2) is 0 Å². The summed E-state index contributed by atoms with van der Waals surface area (Å²) in [5, 5.41) is 14.6. The average molecular weight is 409 g/mol. The number of nitrogens with one attached hydrogen (secondary N) is 1. The maximum absolute atomic E-state index is 12.7. The fourth-order valence-corrected chi connectivity index (χ4v) is 4.19. The largest absolute Gasteiger partial charge is 0.493 e. The molecule has 0 aliphatic carbocycles. The highest BCUT2D eigenvalue weighted by Gasteiger charge is 2.25. The van der Waals surface area contributed by atoms with Crippen LogP contribution in [-0.4, -0.2) is 37.1 Å². The number of piperidine rings is 1. The number of nitrogens with zero attached hydrogens (tertiary/aromatic N) is 2. The van der Waals surface area contributed by atoms with E-state index in [0.29, 0.717) is 30.3 Å². The third kappa shape index (κ3) is 4.40. The number of carbonyl (C=O) groups excluding carboxylic acids is 1. The number of para-hydroxylation sites is 1. The number of amides is 1. The van der Waals surface area contributed by atoms with Gasteiger partial charge in [-0.25, -0.2) is 0 Å². The van der Waals surface area contributed by atoms with E-state index in [4.69, 9.17) is 4.74 Å². The Morgan fingerprint density at radius 3 is 2.77 bits per heavy atom. The molecule has 7 heteroatoms. The van der Waals surface area contributed by atoms with E-state index in [0.717, 1.165) is 43.7 Å². The predicted octanol–water partition coefficient (Wildman–Crippen LogP) is 3.81. The molecule has 1 fully saturated rings. The van der Waals surface area contributed by atoms with Crippen LogP contribution in [0.2, 0.25) is 0 Å². The van der Waals surface area contributed by atoms with Gasteiger partial charge in [0.2, 0.25) is 0 Å². The lowest BCUT2D eigenvalue weighted by Crippen LogP contribution is -2.35. The van der Waals surface area contributed by atoms with E-state index in [-0.39, 0.29) is 17.5 Å². The molecule has 0 bridgehead atoms. The SMILES string of the molecule is CC1CCN(c2ccc(C(=O)NC[C@@H]3COc4ccccc4C3)cc2[N+](=O)[O-])CC1. The Hall–Kier alpha value is -3.09. The van der Waals surface area contributed by atoms with Crippen LogP contribution in [0.25, 0.3) is 0 Å². The third-order valence-electron chi connectivity index (χ3n) is 6.07. The van der Waals surface area contributed by atoms with Crippen molar-refractivity contribution < 1.29 is 14.5 Å². The van der Waals surface area contributed by atoms with Crippen molar-refractivity contribution in [3.63, 3.8) is 0 Å². The summed E-state index contributed by atoms with van der Waals surface area (Å²) in [5.41, 5.74) is 2.04. The molecule has 30 heavy (non-hydrogen) atoms. The van der Waals surface area contributed by atoms with Gasteiger partial charge >= 0.3 is 0 Å². The number of nitro groups is 1. The van der Waals surface area contributed by atoms with Crippen LogP contribution in [0.5, 0.6) is 5.75 Å². The van der Waals surface area contributed by atoms with Gasteiger partial charge in [0.05, 0.1) is 11.5 Å². The van der Waals surface area contributed by atoms with Gasteiger partial charge in [-0.05, 0) is 48.9 Å². The summed E-state index contributed by atoms with van der Waals surface area (Å²) in [6.45, 7) is 4.82. The first kappa shape index (κ1) is 20.2. The van der Waals surface area contributed by atoms with Gasteiger partial charge in [0.25, 0.3) is 11.6 Å². The maximum Gasteiger partial charge on any atom is 0.293 e. The lowest BCUT2D eigenvalue weighted by Gasteiger charge is -2.31. The molecule has 1 saturated heterocycles. The minimum Gasteiger partial charge on any atom is -0.493 e. The quantitative estimate of drug-likeness (QED) is 0.600. The van der Waals surface area contributed by atoms with Crippen LogP contribution in [0.1, 0.15) is 35.7 Å². The van der Waals surface area contributed by atoms with Gasteiger partial charge in [-0.1, -0.05) is 25.1 Å². The van der Waals surface area contributed by atoms with Crippen molar-refractivity contribution in [2.75, 3.05) is 31.1 Å². The molecule has 7 nitrogen and oxygen atoms in total. The minimum atomic E-state index is -0.393. The van der Waals surface area contributed by atoms with Crippen LogP contribution < -0.4 is 15.0 Å². The highest BCUT2D eigenvalue weighted by atomic mass is 16.6. The first-order chi connectivity index (χ1) is 14.5. The van der Waals surface area contributed by atoms with Gasteiger partial charge < -0.3 is 15.0 Å². The molecule has 0 saturated carbocycles. The lowest BCUT2D eigenvalue weighted by molar-refractivity contribution is -0.384. The molecule has 2 aliphatic heterocycles. The molecule has 2 aromatic carbocycles. The van der Waals surface area contributed by atoms with Crippen molar-refractivity contribution in [3.8, 4) is 5.75 Å². The second kappa shape index (κ2) is 8.73. The van der Waals surface area contributed by atoms with Crippen LogP contribution in [0.3, 0.4) is 0 Å². The number of carbonyl (C=O) groups is 1. The Kier molecular flexibility index (Phi) is 5.88. The number of anilines is 1. The predicted molar refractivity (Wildman–Crippen MR) is 115 cm³/mol. The second-order valence-corrected chi connectivity index (χ2v) is 8.33. The van der Waals surface area contributed by atoms with Crippen molar-refractivity contribution in [2.45, 2.75) is 26.2 Å². The topological polar surface area (TPSA) is 84.7 Å². The highest BCUT2D eigenvalue weighted by molar-refractivity contribution is 5.95. The molecule has 1 atom stereocenters. The molecule has 0 unspecified atom stereocenters. The Bertz CT molecular complexity index is 938. The number of benzene rings is 2.